The summed E-state index contributed by atoms with van der Waals surface area (Å²) < 4.78 is 0. The van der Waals surface area contributed by atoms with Gasteiger partial charge in [-0.2, -0.15) is 0 Å². The van der Waals surface area contributed by atoms with E-state index in [9.17, 15) is 10.1 Å². The van der Waals surface area contributed by atoms with Crippen molar-refractivity contribution in [1.29, 1.82) is 5.39 Å². The molecule has 0 radical (unpaired) electrons. The molecule has 1 rings (SSSR count). The normalized spacial score (nSPS) is 8.92. The first-order chi connectivity index (χ1) is 5.75. The third-order valence-electron chi connectivity index (χ3n) is 1.43. The summed E-state index contributed by atoms with van der Waals surface area (Å²) in [6.07, 6.45) is 0. The van der Waals surface area contributed by atoms with Gasteiger partial charge in [0.2, 0.25) is 5.39 Å². The van der Waals surface area contributed by atoms with Gasteiger partial charge in [-0.3, -0.25) is 10.1 Å². The maximum Gasteiger partial charge on any atom is 0.337 e. The number of hydrogen-bond acceptors (Lipinski definition) is 3. The van der Waals surface area contributed by atoms with Gasteiger partial charge in [0.25, 0.3) is 5.69 Å². The highest BCUT2D eigenvalue weighted by Crippen LogP contribution is 2.17. The molecule has 5 nitrogen and oxygen atoms in total. The van der Waals surface area contributed by atoms with Gasteiger partial charge in [0.15, 0.2) is 0 Å². The quantitative estimate of drug-likeness (QED) is 0.381. The molecule has 0 aliphatic carbocycles. The number of nitrogens with zero attached hydrogens (tertiary/aromatic N) is 3. The second-order valence-corrected chi connectivity index (χ2v) is 2.19. The molecule has 0 aliphatic rings. The van der Waals surface area contributed by atoms with E-state index >= 15 is 0 Å². The monoisotopic (exact) mass is 164 g/mol. The smallest absolute Gasteiger partial charge is 0.258 e. The first-order valence-electron chi connectivity index (χ1n) is 3.29. The molecule has 0 fully saturated rings. The summed E-state index contributed by atoms with van der Waals surface area (Å²) in [5.41, 5.74) is 0.389. The van der Waals surface area contributed by atoms with Crippen molar-refractivity contribution in [3.8, 4) is 0 Å². The number of para-hydroxylation sites is 1. The summed E-state index contributed by atoms with van der Waals surface area (Å²) in [6.45, 7) is -0.0445. The summed E-state index contributed by atoms with van der Waals surface area (Å²) in [4.78, 5) is 12.7. The number of nitro groups is 1. The Hall–Kier alpha value is -1.96. The lowest BCUT2D eigenvalue weighted by atomic mass is 10.2. The molecule has 0 spiro atoms. The van der Waals surface area contributed by atoms with E-state index in [1.807, 2.05) is 0 Å². The van der Waals surface area contributed by atoms with Crippen LogP contribution < -0.4 is 0 Å². The van der Waals surface area contributed by atoms with Crippen LogP contribution in [0.5, 0.6) is 0 Å². The lowest BCUT2D eigenvalue weighted by Crippen LogP contribution is -1.92. The maximum absolute atomic E-state index is 10.4. The zero-order valence-electron chi connectivity index (χ0n) is 6.17. The van der Waals surface area contributed by atoms with Gasteiger partial charge in [0, 0.05) is 6.07 Å². The maximum atomic E-state index is 10.4. The molecular formula is C7H6N3O2+. The summed E-state index contributed by atoms with van der Waals surface area (Å²) in [5, 5.41) is 18.6. The van der Waals surface area contributed by atoms with Crippen LogP contribution in [0.15, 0.2) is 24.3 Å². The van der Waals surface area contributed by atoms with Gasteiger partial charge in [-0.15, -0.1) is 0 Å². The highest BCUT2D eigenvalue weighted by molar-refractivity contribution is 5.40. The Morgan fingerprint density at radius 3 is 2.75 bits per heavy atom. The van der Waals surface area contributed by atoms with Gasteiger partial charge in [-0.05, 0) is 6.07 Å². The predicted octanol–water partition coefficient (Wildman–Crippen LogP) is 1.95. The van der Waals surface area contributed by atoms with Crippen LogP contribution in [0.4, 0.5) is 5.69 Å². The fourth-order valence-corrected chi connectivity index (χ4v) is 0.899. The minimum Gasteiger partial charge on any atom is -0.258 e. The van der Waals surface area contributed by atoms with Crippen LogP contribution in [0.3, 0.4) is 0 Å². The van der Waals surface area contributed by atoms with Gasteiger partial charge < -0.3 is 0 Å². The van der Waals surface area contributed by atoms with E-state index in [2.05, 4.69) is 4.98 Å². The van der Waals surface area contributed by atoms with Crippen molar-refractivity contribution in [3.63, 3.8) is 0 Å². The second kappa shape index (κ2) is 3.44. The molecule has 0 bridgehead atoms. The molecule has 0 saturated heterocycles. The van der Waals surface area contributed by atoms with Crippen molar-refractivity contribution < 1.29 is 4.92 Å². The van der Waals surface area contributed by atoms with Gasteiger partial charge in [0.1, 0.15) is 10.5 Å². The molecule has 0 unspecified atom stereocenters. The number of hydrogen-bond donors (Lipinski definition) is 0. The Bertz CT molecular complexity index is 343. The Morgan fingerprint density at radius 2 is 2.17 bits per heavy atom. The zero-order valence-corrected chi connectivity index (χ0v) is 6.17. The predicted molar refractivity (Wildman–Crippen MR) is 41.9 cm³/mol. The standard InChI is InChI=1S/C7H6N3O2/c8-9-5-6-3-1-2-4-7(6)10(11)12/h1-4H,5H2/q+1. The first-order valence-corrected chi connectivity index (χ1v) is 3.29. The van der Waals surface area contributed by atoms with Crippen LogP contribution >= 0.6 is 0 Å². The molecule has 1 aromatic rings. The van der Waals surface area contributed by atoms with E-state index in [4.69, 9.17) is 5.39 Å². The van der Waals surface area contributed by atoms with E-state index in [0.29, 0.717) is 5.56 Å². The largest absolute Gasteiger partial charge is 0.337 e. The fourth-order valence-electron chi connectivity index (χ4n) is 0.899. The van der Waals surface area contributed by atoms with Crippen LogP contribution in [-0.4, -0.2) is 4.92 Å². The van der Waals surface area contributed by atoms with E-state index in [0.717, 1.165) is 0 Å². The summed E-state index contributed by atoms with van der Waals surface area (Å²) in [7, 11) is 0. The summed E-state index contributed by atoms with van der Waals surface area (Å²) in [6, 6.07) is 6.16. The molecule has 0 N–H and O–H groups in total. The zero-order chi connectivity index (χ0) is 8.97. The van der Waals surface area contributed by atoms with Crippen molar-refractivity contribution in [2.45, 2.75) is 6.54 Å². The molecule has 0 saturated carbocycles. The third kappa shape index (κ3) is 1.55. The van der Waals surface area contributed by atoms with E-state index < -0.39 is 4.92 Å². The van der Waals surface area contributed by atoms with Crippen molar-refractivity contribution in [1.82, 2.24) is 0 Å². The van der Waals surface area contributed by atoms with Gasteiger partial charge in [0.05, 0.1) is 4.92 Å². The lowest BCUT2D eigenvalue weighted by Gasteiger charge is -1.91. The summed E-state index contributed by atoms with van der Waals surface area (Å²) >= 11 is 0. The average Bonchev–Trinajstić information content (AvgIpc) is 2.05. The van der Waals surface area contributed by atoms with Crippen molar-refractivity contribution in [2.24, 2.45) is 0 Å². The summed E-state index contributed by atoms with van der Waals surface area (Å²) in [5.74, 6) is 0. The molecule has 1 aromatic carbocycles. The number of rotatable bonds is 2. The number of benzene rings is 1. The van der Waals surface area contributed by atoms with Crippen LogP contribution in [0, 0.1) is 15.5 Å². The molecule has 0 amide bonds. The van der Waals surface area contributed by atoms with Crippen LogP contribution in [0.25, 0.3) is 4.98 Å². The minimum absolute atomic E-state index is 0.0182. The second-order valence-electron chi connectivity index (χ2n) is 2.19. The van der Waals surface area contributed by atoms with E-state index in [-0.39, 0.29) is 12.2 Å². The fraction of sp³-hybridized carbons (Fsp3) is 0.143. The highest BCUT2D eigenvalue weighted by Gasteiger charge is 2.15. The van der Waals surface area contributed by atoms with E-state index in [1.165, 1.54) is 6.07 Å². The van der Waals surface area contributed by atoms with E-state index in [1.54, 1.807) is 18.2 Å². The molecule has 12 heavy (non-hydrogen) atoms. The Balaban J connectivity index is 3.10. The number of diazo groups is 1. The van der Waals surface area contributed by atoms with Crippen LogP contribution in [0.2, 0.25) is 0 Å². The Labute approximate surface area is 68.4 Å². The SMILES string of the molecule is N#[N+]Cc1ccccc1[N+](=O)[O-]. The molecular weight excluding hydrogens is 158 g/mol. The first kappa shape index (κ1) is 8.14. The van der Waals surface area contributed by atoms with Crippen molar-refractivity contribution in [2.75, 3.05) is 0 Å². The molecule has 60 valence electrons. The highest BCUT2D eigenvalue weighted by atomic mass is 16.6. The lowest BCUT2D eigenvalue weighted by molar-refractivity contribution is -0.385. The molecule has 0 atom stereocenters. The Kier molecular flexibility index (Phi) is 2.33. The van der Waals surface area contributed by atoms with Gasteiger partial charge >= 0.3 is 6.54 Å². The number of nitro benzene ring substituents is 1. The topological polar surface area (TPSA) is 71.3 Å². The van der Waals surface area contributed by atoms with Crippen LogP contribution in [0.1, 0.15) is 5.56 Å². The van der Waals surface area contributed by atoms with Crippen molar-refractivity contribution >= 4 is 5.69 Å². The molecule has 0 aliphatic heterocycles. The molecule has 5 heteroatoms. The molecule has 0 aromatic heterocycles. The third-order valence-corrected chi connectivity index (χ3v) is 1.43. The minimum atomic E-state index is -0.499. The molecule has 0 heterocycles. The van der Waals surface area contributed by atoms with Gasteiger partial charge in [-0.1, -0.05) is 12.1 Å². The van der Waals surface area contributed by atoms with Crippen molar-refractivity contribution in [3.05, 3.63) is 44.9 Å². The Morgan fingerprint density at radius 1 is 1.50 bits per heavy atom. The van der Waals surface area contributed by atoms with Crippen LogP contribution in [-0.2, 0) is 6.54 Å². The average molecular weight is 164 g/mol. The van der Waals surface area contributed by atoms with Gasteiger partial charge in [-0.25, -0.2) is 0 Å².